The summed E-state index contributed by atoms with van der Waals surface area (Å²) in [6.45, 7) is 2.76. The van der Waals surface area contributed by atoms with Gasteiger partial charge in [-0.25, -0.2) is 12.7 Å². The minimum atomic E-state index is -3.41. The third-order valence-corrected chi connectivity index (χ3v) is 6.62. The van der Waals surface area contributed by atoms with E-state index in [4.69, 9.17) is 4.74 Å². The average Bonchev–Trinajstić information content (AvgIpc) is 3.02. The Morgan fingerprint density at radius 2 is 2.14 bits per heavy atom. The van der Waals surface area contributed by atoms with Crippen molar-refractivity contribution < 1.29 is 17.9 Å². The van der Waals surface area contributed by atoms with Crippen molar-refractivity contribution >= 4 is 27.3 Å². The van der Waals surface area contributed by atoms with Crippen LogP contribution in [0, 0.1) is 0 Å². The van der Waals surface area contributed by atoms with Crippen molar-refractivity contribution in [1.29, 1.82) is 0 Å². The molecule has 21 heavy (non-hydrogen) atoms. The van der Waals surface area contributed by atoms with Crippen LogP contribution in [0.3, 0.4) is 0 Å². The summed E-state index contributed by atoms with van der Waals surface area (Å²) >= 11 is 1.20. The van der Waals surface area contributed by atoms with Gasteiger partial charge in [-0.1, -0.05) is 6.07 Å². The van der Waals surface area contributed by atoms with E-state index in [1.54, 1.807) is 29.5 Å². The van der Waals surface area contributed by atoms with Crippen molar-refractivity contribution in [1.82, 2.24) is 9.21 Å². The monoisotopic (exact) mass is 332 g/mol. The van der Waals surface area contributed by atoms with Crippen LogP contribution in [0.1, 0.15) is 12.8 Å². The molecule has 8 heteroatoms. The second-order valence-electron chi connectivity index (χ2n) is 4.86. The maximum atomic E-state index is 12.2. The Balaban J connectivity index is 1.79. The molecule has 2 heterocycles. The molecule has 0 spiro atoms. The van der Waals surface area contributed by atoms with Crippen LogP contribution in [0.5, 0.6) is 0 Å². The Morgan fingerprint density at radius 1 is 1.43 bits per heavy atom. The zero-order valence-corrected chi connectivity index (χ0v) is 13.7. The maximum Gasteiger partial charge on any atom is 0.252 e. The average molecular weight is 332 g/mol. The lowest BCUT2D eigenvalue weighted by Gasteiger charge is -2.27. The molecule has 0 N–H and O–H groups in total. The molecule has 1 saturated heterocycles. The Hall–Kier alpha value is -0.960. The lowest BCUT2D eigenvalue weighted by Crippen LogP contribution is -2.40. The highest BCUT2D eigenvalue weighted by Gasteiger charge is 2.22. The number of carbonyl (C=O) groups is 1. The fourth-order valence-corrected chi connectivity index (χ4v) is 4.52. The highest BCUT2D eigenvalue weighted by molar-refractivity contribution is 7.91. The highest BCUT2D eigenvalue weighted by Crippen LogP contribution is 2.20. The third-order valence-electron chi connectivity index (χ3n) is 3.39. The summed E-state index contributed by atoms with van der Waals surface area (Å²) in [5.41, 5.74) is 0. The molecule has 0 saturated carbocycles. The van der Waals surface area contributed by atoms with Gasteiger partial charge < -0.3 is 9.64 Å². The summed E-state index contributed by atoms with van der Waals surface area (Å²) in [6.07, 6.45) is 0.890. The SMILES string of the molecule is CN(CCCC(=O)N1CCOCC1)S(=O)(=O)c1cccs1. The molecule has 0 radical (unpaired) electrons. The number of hydrogen-bond donors (Lipinski definition) is 0. The van der Waals surface area contributed by atoms with E-state index in [1.165, 1.54) is 15.6 Å². The van der Waals surface area contributed by atoms with Gasteiger partial charge in [0, 0.05) is 33.1 Å². The summed E-state index contributed by atoms with van der Waals surface area (Å²) in [5, 5.41) is 1.74. The van der Waals surface area contributed by atoms with Gasteiger partial charge in [-0.2, -0.15) is 0 Å². The maximum absolute atomic E-state index is 12.2. The van der Waals surface area contributed by atoms with E-state index in [0.717, 1.165) is 0 Å². The van der Waals surface area contributed by atoms with Crippen LogP contribution in [0.25, 0.3) is 0 Å². The first-order chi connectivity index (χ1) is 10.0. The van der Waals surface area contributed by atoms with Crippen molar-refractivity contribution in [3.63, 3.8) is 0 Å². The van der Waals surface area contributed by atoms with Crippen LogP contribution in [0.4, 0.5) is 0 Å². The van der Waals surface area contributed by atoms with E-state index in [2.05, 4.69) is 0 Å². The first-order valence-electron chi connectivity index (χ1n) is 6.87. The normalized spacial score (nSPS) is 16.4. The summed E-state index contributed by atoms with van der Waals surface area (Å²) in [6, 6.07) is 3.31. The van der Waals surface area contributed by atoms with Gasteiger partial charge in [-0.15, -0.1) is 11.3 Å². The molecule has 1 amide bonds. The minimum absolute atomic E-state index is 0.0696. The molecule has 1 aromatic rings. The van der Waals surface area contributed by atoms with Crippen LogP contribution >= 0.6 is 11.3 Å². The number of rotatable bonds is 6. The van der Waals surface area contributed by atoms with Gasteiger partial charge in [0.2, 0.25) is 5.91 Å². The van der Waals surface area contributed by atoms with Crippen LogP contribution in [-0.2, 0) is 19.6 Å². The van der Waals surface area contributed by atoms with E-state index in [-0.39, 0.29) is 5.91 Å². The second-order valence-corrected chi connectivity index (χ2v) is 8.07. The van der Waals surface area contributed by atoms with E-state index < -0.39 is 10.0 Å². The molecule has 0 aliphatic carbocycles. The quantitative estimate of drug-likeness (QED) is 0.780. The molecule has 1 aromatic heterocycles. The van der Waals surface area contributed by atoms with Crippen molar-refractivity contribution in [2.24, 2.45) is 0 Å². The summed E-state index contributed by atoms with van der Waals surface area (Å²) in [4.78, 5) is 13.7. The molecule has 118 valence electrons. The number of ether oxygens (including phenoxy) is 1. The van der Waals surface area contributed by atoms with Crippen molar-refractivity contribution in [3.05, 3.63) is 17.5 Å². The number of nitrogens with zero attached hydrogens (tertiary/aromatic N) is 2. The van der Waals surface area contributed by atoms with Crippen LogP contribution in [0.2, 0.25) is 0 Å². The van der Waals surface area contributed by atoms with Gasteiger partial charge in [-0.3, -0.25) is 4.79 Å². The Labute approximate surface area is 129 Å². The molecule has 1 aliphatic heterocycles. The molecular formula is C13H20N2O4S2. The van der Waals surface area contributed by atoms with Gasteiger partial charge in [0.25, 0.3) is 10.0 Å². The number of sulfonamides is 1. The van der Waals surface area contributed by atoms with Gasteiger partial charge in [0.05, 0.1) is 13.2 Å². The summed E-state index contributed by atoms with van der Waals surface area (Å²) in [7, 11) is -1.86. The Bertz CT molecular complexity index is 551. The van der Waals surface area contributed by atoms with Crippen LogP contribution in [0.15, 0.2) is 21.7 Å². The van der Waals surface area contributed by atoms with Gasteiger partial charge >= 0.3 is 0 Å². The summed E-state index contributed by atoms with van der Waals surface area (Å²) < 4.78 is 31.2. The van der Waals surface area contributed by atoms with Crippen LogP contribution < -0.4 is 0 Å². The summed E-state index contributed by atoms with van der Waals surface area (Å²) in [5.74, 6) is 0.0696. The number of carbonyl (C=O) groups excluding carboxylic acids is 1. The van der Waals surface area contributed by atoms with E-state index in [9.17, 15) is 13.2 Å². The molecule has 0 aromatic carbocycles. The highest BCUT2D eigenvalue weighted by atomic mass is 32.2. The molecule has 0 unspecified atom stereocenters. The molecule has 0 bridgehead atoms. The minimum Gasteiger partial charge on any atom is -0.378 e. The van der Waals surface area contributed by atoms with Gasteiger partial charge in [0.1, 0.15) is 4.21 Å². The fourth-order valence-electron chi connectivity index (χ4n) is 2.11. The first kappa shape index (κ1) is 16.4. The van der Waals surface area contributed by atoms with Crippen LogP contribution in [-0.4, -0.2) is 63.4 Å². The lowest BCUT2D eigenvalue weighted by molar-refractivity contribution is -0.135. The zero-order chi connectivity index (χ0) is 15.3. The molecular weight excluding hydrogens is 312 g/mol. The Kier molecular flexibility index (Phi) is 5.74. The molecule has 1 aliphatic rings. The van der Waals surface area contributed by atoms with Crippen molar-refractivity contribution in [2.75, 3.05) is 39.9 Å². The third kappa shape index (κ3) is 4.26. The lowest BCUT2D eigenvalue weighted by atomic mass is 10.2. The van der Waals surface area contributed by atoms with E-state index >= 15 is 0 Å². The molecule has 0 atom stereocenters. The second kappa shape index (κ2) is 7.35. The molecule has 6 nitrogen and oxygen atoms in total. The number of morpholine rings is 1. The number of hydrogen-bond acceptors (Lipinski definition) is 5. The molecule has 2 rings (SSSR count). The van der Waals surface area contributed by atoms with Gasteiger partial charge in [-0.05, 0) is 17.9 Å². The predicted molar refractivity (Wildman–Crippen MR) is 80.8 cm³/mol. The Morgan fingerprint density at radius 3 is 2.76 bits per heavy atom. The van der Waals surface area contributed by atoms with Crippen molar-refractivity contribution in [3.8, 4) is 0 Å². The fraction of sp³-hybridized carbons (Fsp3) is 0.615. The van der Waals surface area contributed by atoms with Gasteiger partial charge in [0.15, 0.2) is 0 Å². The topological polar surface area (TPSA) is 66.9 Å². The molecule has 1 fully saturated rings. The standard InChI is InChI=1S/C13H20N2O4S2/c1-14(21(17,18)13-5-3-11-20-13)6-2-4-12(16)15-7-9-19-10-8-15/h3,5,11H,2,4,6-10H2,1H3. The van der Waals surface area contributed by atoms with E-state index in [0.29, 0.717) is 49.9 Å². The number of thiophene rings is 1. The van der Waals surface area contributed by atoms with E-state index in [1.807, 2.05) is 0 Å². The smallest absolute Gasteiger partial charge is 0.252 e. The largest absolute Gasteiger partial charge is 0.378 e. The first-order valence-corrected chi connectivity index (χ1v) is 9.19. The predicted octanol–water partition coefficient (Wildman–Crippen LogP) is 1.01. The number of amides is 1. The zero-order valence-electron chi connectivity index (χ0n) is 12.0. The van der Waals surface area contributed by atoms with Crippen molar-refractivity contribution in [2.45, 2.75) is 17.1 Å².